The van der Waals surface area contributed by atoms with Crippen LogP contribution in [-0.4, -0.2) is 44.1 Å². The molecule has 18 heavy (non-hydrogen) atoms. The molecule has 0 spiro atoms. The Balaban J connectivity index is 2.96. The second kappa shape index (κ2) is 5.69. The SMILES string of the molecule is COCCS(=O)(=O)Nc1cc(C(=O)O)ccc1O. The number of methoxy groups -OCH3 is 1. The molecule has 0 saturated carbocycles. The van der Waals surface area contributed by atoms with Gasteiger partial charge in [0.1, 0.15) is 5.75 Å². The molecule has 0 radical (unpaired) electrons. The summed E-state index contributed by atoms with van der Waals surface area (Å²) in [7, 11) is -2.33. The average molecular weight is 275 g/mol. The zero-order chi connectivity index (χ0) is 13.8. The van der Waals surface area contributed by atoms with E-state index >= 15 is 0 Å². The van der Waals surface area contributed by atoms with Crippen molar-refractivity contribution in [3.05, 3.63) is 23.8 Å². The second-order valence-corrected chi connectivity index (χ2v) is 5.29. The molecule has 0 aliphatic rings. The average Bonchev–Trinajstić information content (AvgIpc) is 2.29. The molecule has 3 N–H and O–H groups in total. The van der Waals surface area contributed by atoms with Crippen LogP contribution in [0.3, 0.4) is 0 Å². The third-order valence-electron chi connectivity index (χ3n) is 2.07. The Morgan fingerprint density at radius 1 is 1.44 bits per heavy atom. The van der Waals surface area contributed by atoms with Crippen LogP contribution in [0.5, 0.6) is 5.75 Å². The number of benzene rings is 1. The minimum atomic E-state index is -3.69. The van der Waals surface area contributed by atoms with Gasteiger partial charge in [0, 0.05) is 7.11 Å². The summed E-state index contributed by atoms with van der Waals surface area (Å²) in [5.74, 6) is -1.85. The fourth-order valence-corrected chi connectivity index (χ4v) is 2.15. The fraction of sp³-hybridized carbons (Fsp3) is 0.300. The third-order valence-corrected chi connectivity index (χ3v) is 3.30. The minimum Gasteiger partial charge on any atom is -0.506 e. The first-order chi connectivity index (χ1) is 8.35. The molecule has 0 unspecified atom stereocenters. The lowest BCUT2D eigenvalue weighted by molar-refractivity contribution is 0.0697. The predicted octanol–water partition coefficient (Wildman–Crippen LogP) is 0.478. The van der Waals surface area contributed by atoms with E-state index in [0.29, 0.717) is 0 Å². The third kappa shape index (κ3) is 3.90. The van der Waals surface area contributed by atoms with Crippen molar-refractivity contribution in [2.75, 3.05) is 24.2 Å². The number of carbonyl (C=O) groups is 1. The Morgan fingerprint density at radius 3 is 2.67 bits per heavy atom. The van der Waals surface area contributed by atoms with Crippen LogP contribution < -0.4 is 4.72 Å². The molecule has 100 valence electrons. The zero-order valence-corrected chi connectivity index (χ0v) is 10.4. The maximum atomic E-state index is 11.5. The lowest BCUT2D eigenvalue weighted by Gasteiger charge is -2.09. The summed E-state index contributed by atoms with van der Waals surface area (Å²) in [5, 5.41) is 18.2. The van der Waals surface area contributed by atoms with E-state index in [1.165, 1.54) is 13.2 Å². The Morgan fingerprint density at radius 2 is 2.11 bits per heavy atom. The first-order valence-corrected chi connectivity index (χ1v) is 6.56. The van der Waals surface area contributed by atoms with Crippen LogP contribution in [0, 0.1) is 0 Å². The number of phenolic OH excluding ortho intramolecular Hbond substituents is 1. The van der Waals surface area contributed by atoms with Gasteiger partial charge in [-0.25, -0.2) is 13.2 Å². The van der Waals surface area contributed by atoms with Gasteiger partial charge >= 0.3 is 5.97 Å². The zero-order valence-electron chi connectivity index (χ0n) is 9.58. The van der Waals surface area contributed by atoms with Gasteiger partial charge in [0.05, 0.1) is 23.6 Å². The van der Waals surface area contributed by atoms with Crippen LogP contribution in [0.1, 0.15) is 10.4 Å². The first-order valence-electron chi connectivity index (χ1n) is 4.91. The van der Waals surface area contributed by atoms with Crippen molar-refractivity contribution in [2.45, 2.75) is 0 Å². The standard InChI is InChI=1S/C10H13NO6S/c1-17-4-5-18(15,16)11-8-6-7(10(13)14)2-3-9(8)12/h2-3,6,11-12H,4-5H2,1H3,(H,13,14). The fourth-order valence-electron chi connectivity index (χ4n) is 1.16. The van der Waals surface area contributed by atoms with Crippen molar-refractivity contribution >= 4 is 21.7 Å². The number of carboxylic acids is 1. The number of hydrogen-bond donors (Lipinski definition) is 3. The van der Waals surface area contributed by atoms with Crippen molar-refractivity contribution in [1.82, 2.24) is 0 Å². The smallest absolute Gasteiger partial charge is 0.335 e. The normalized spacial score (nSPS) is 11.2. The molecule has 1 rings (SSSR count). The largest absolute Gasteiger partial charge is 0.506 e. The molecule has 0 bridgehead atoms. The number of rotatable bonds is 6. The van der Waals surface area contributed by atoms with Crippen LogP contribution in [-0.2, 0) is 14.8 Å². The van der Waals surface area contributed by atoms with Gasteiger partial charge in [-0.1, -0.05) is 0 Å². The van der Waals surface area contributed by atoms with Gasteiger partial charge in [-0.3, -0.25) is 4.72 Å². The summed E-state index contributed by atoms with van der Waals surface area (Å²) in [6.45, 7) is -0.00524. The molecule has 0 aliphatic carbocycles. The number of nitrogens with one attached hydrogen (secondary N) is 1. The van der Waals surface area contributed by atoms with Crippen LogP contribution in [0.25, 0.3) is 0 Å². The molecule has 1 aromatic rings. The molecule has 8 heteroatoms. The van der Waals surface area contributed by atoms with Crippen molar-refractivity contribution in [3.63, 3.8) is 0 Å². The highest BCUT2D eigenvalue weighted by atomic mass is 32.2. The Labute approximate surface area is 104 Å². The Hall–Kier alpha value is -1.80. The molecule has 0 fully saturated rings. The van der Waals surface area contributed by atoms with E-state index < -0.39 is 16.0 Å². The number of hydrogen-bond acceptors (Lipinski definition) is 5. The second-order valence-electron chi connectivity index (χ2n) is 3.45. The van der Waals surface area contributed by atoms with E-state index in [1.807, 2.05) is 0 Å². The molecule has 1 aromatic carbocycles. The Kier molecular flexibility index (Phi) is 4.51. The van der Waals surface area contributed by atoms with Gasteiger partial charge in [-0.2, -0.15) is 0 Å². The monoisotopic (exact) mass is 275 g/mol. The highest BCUT2D eigenvalue weighted by molar-refractivity contribution is 7.92. The summed E-state index contributed by atoms with van der Waals surface area (Å²) >= 11 is 0. The number of sulfonamides is 1. The van der Waals surface area contributed by atoms with E-state index in [9.17, 15) is 18.3 Å². The van der Waals surface area contributed by atoms with Crippen LogP contribution in [0.15, 0.2) is 18.2 Å². The van der Waals surface area contributed by atoms with Crippen molar-refractivity contribution in [2.24, 2.45) is 0 Å². The quantitative estimate of drug-likeness (QED) is 0.651. The molecule has 0 aromatic heterocycles. The van der Waals surface area contributed by atoms with E-state index in [1.54, 1.807) is 0 Å². The number of ether oxygens (including phenoxy) is 1. The lowest BCUT2D eigenvalue weighted by Crippen LogP contribution is -2.20. The van der Waals surface area contributed by atoms with Gasteiger partial charge in [0.15, 0.2) is 0 Å². The van der Waals surface area contributed by atoms with Crippen molar-refractivity contribution in [1.29, 1.82) is 0 Å². The van der Waals surface area contributed by atoms with E-state index in [2.05, 4.69) is 9.46 Å². The summed E-state index contributed by atoms with van der Waals surface area (Å²) in [4.78, 5) is 10.7. The van der Waals surface area contributed by atoms with Crippen LogP contribution >= 0.6 is 0 Å². The van der Waals surface area contributed by atoms with Gasteiger partial charge in [-0.15, -0.1) is 0 Å². The van der Waals surface area contributed by atoms with Gasteiger partial charge in [-0.05, 0) is 18.2 Å². The maximum Gasteiger partial charge on any atom is 0.335 e. The highest BCUT2D eigenvalue weighted by Gasteiger charge is 2.14. The van der Waals surface area contributed by atoms with Crippen molar-refractivity contribution < 1.29 is 28.2 Å². The van der Waals surface area contributed by atoms with Gasteiger partial charge < -0.3 is 14.9 Å². The lowest BCUT2D eigenvalue weighted by atomic mass is 10.2. The molecule has 0 amide bonds. The molecule has 0 aliphatic heterocycles. The van der Waals surface area contributed by atoms with E-state index in [0.717, 1.165) is 12.1 Å². The van der Waals surface area contributed by atoms with Crippen LogP contribution in [0.2, 0.25) is 0 Å². The molecule has 0 saturated heterocycles. The summed E-state index contributed by atoms with van der Waals surface area (Å²) in [6.07, 6.45) is 0. The summed E-state index contributed by atoms with van der Waals surface area (Å²) < 4.78 is 29.8. The van der Waals surface area contributed by atoms with Crippen molar-refractivity contribution in [3.8, 4) is 5.75 Å². The summed E-state index contributed by atoms with van der Waals surface area (Å²) in [6, 6.07) is 3.32. The number of carboxylic acid groups (broad SMARTS) is 1. The minimum absolute atomic E-state index is 0.00524. The molecular formula is C10H13NO6S. The molecule has 0 heterocycles. The number of anilines is 1. The van der Waals surface area contributed by atoms with E-state index in [-0.39, 0.29) is 29.4 Å². The molecular weight excluding hydrogens is 262 g/mol. The number of aromatic hydroxyl groups is 1. The van der Waals surface area contributed by atoms with Crippen LogP contribution in [0.4, 0.5) is 5.69 Å². The van der Waals surface area contributed by atoms with Gasteiger partial charge in [0.2, 0.25) is 10.0 Å². The summed E-state index contributed by atoms with van der Waals surface area (Å²) in [5.41, 5.74) is -0.303. The molecule has 7 nitrogen and oxygen atoms in total. The van der Waals surface area contributed by atoms with Gasteiger partial charge in [0.25, 0.3) is 0 Å². The maximum absolute atomic E-state index is 11.5. The predicted molar refractivity (Wildman–Crippen MR) is 64.4 cm³/mol. The number of phenols is 1. The first kappa shape index (κ1) is 14.3. The highest BCUT2D eigenvalue weighted by Crippen LogP contribution is 2.25. The van der Waals surface area contributed by atoms with E-state index in [4.69, 9.17) is 5.11 Å². The Bertz CT molecular complexity index is 539. The number of aromatic carboxylic acids is 1. The molecule has 0 atom stereocenters. The topological polar surface area (TPSA) is 113 Å².